The van der Waals surface area contributed by atoms with Crippen LogP contribution in [0, 0.1) is 17.3 Å². The summed E-state index contributed by atoms with van der Waals surface area (Å²) in [7, 11) is 1.18. The van der Waals surface area contributed by atoms with Gasteiger partial charge in [-0.15, -0.1) is 0 Å². The van der Waals surface area contributed by atoms with Gasteiger partial charge in [-0.05, 0) is 73.1 Å². The predicted octanol–water partition coefficient (Wildman–Crippen LogP) is 5.62. The second-order valence-corrected chi connectivity index (χ2v) is 16.1. The predicted molar refractivity (Wildman–Crippen MR) is 125 cm³/mol. The second kappa shape index (κ2) is 9.12. The number of allylic oxidation sites excluding steroid dienone is 2. The van der Waals surface area contributed by atoms with Crippen LogP contribution in [-0.2, 0) is 23.4 Å². The van der Waals surface area contributed by atoms with Crippen molar-refractivity contribution < 1.29 is 23.4 Å². The van der Waals surface area contributed by atoms with E-state index in [0.717, 1.165) is 31.3 Å². The zero-order valence-corrected chi connectivity index (χ0v) is 21.7. The Balaban J connectivity index is 1.97. The molecule has 31 heavy (non-hydrogen) atoms. The molecule has 0 aromatic rings. The Bertz CT molecular complexity index is 735. The normalized spacial score (nSPS) is 33.7. The highest BCUT2D eigenvalue weighted by molar-refractivity contribution is 6.74. The van der Waals surface area contributed by atoms with Crippen LogP contribution in [0.15, 0.2) is 23.3 Å². The van der Waals surface area contributed by atoms with Gasteiger partial charge in [-0.3, -0.25) is 0 Å². The van der Waals surface area contributed by atoms with Gasteiger partial charge >= 0.3 is 5.97 Å². The lowest BCUT2D eigenvalue weighted by Crippen LogP contribution is -2.52. The fraction of sp³-hybridized carbons (Fsp3) is 0.800. The lowest BCUT2D eigenvalue weighted by molar-refractivity contribution is -0.136. The highest BCUT2D eigenvalue weighted by Gasteiger charge is 2.57. The number of carbonyl (C=O) groups is 1. The average Bonchev–Trinajstić information content (AvgIpc) is 2.86. The summed E-state index contributed by atoms with van der Waals surface area (Å²) in [6.07, 6.45) is 9.29. The molecular weight excluding hydrogens is 408 g/mol. The maximum atomic E-state index is 12.3. The first-order chi connectivity index (χ1) is 14.4. The molecule has 5 nitrogen and oxygen atoms in total. The molecule has 0 radical (unpaired) electrons. The van der Waals surface area contributed by atoms with Crippen LogP contribution < -0.4 is 0 Å². The molecule has 3 rings (SSSR count). The monoisotopic (exact) mass is 450 g/mol. The number of fused-ring (bicyclic) bond motifs is 3. The van der Waals surface area contributed by atoms with Crippen LogP contribution in [0.25, 0.3) is 0 Å². The topological polar surface area (TPSA) is 54.0 Å². The minimum absolute atomic E-state index is 0.0389. The summed E-state index contributed by atoms with van der Waals surface area (Å²) in [6.45, 7) is 14.3. The van der Waals surface area contributed by atoms with Crippen molar-refractivity contribution in [1.29, 1.82) is 0 Å². The van der Waals surface area contributed by atoms with Gasteiger partial charge in [-0.2, -0.15) is 0 Å². The Morgan fingerprint density at radius 1 is 1.19 bits per heavy atom. The van der Waals surface area contributed by atoms with Crippen LogP contribution in [0.3, 0.4) is 0 Å². The third kappa shape index (κ3) is 4.73. The largest absolute Gasteiger partial charge is 0.466 e. The van der Waals surface area contributed by atoms with Gasteiger partial charge in [-0.25, -0.2) is 4.79 Å². The van der Waals surface area contributed by atoms with Crippen LogP contribution in [0.2, 0.25) is 18.1 Å². The molecule has 2 saturated carbocycles. The van der Waals surface area contributed by atoms with E-state index in [4.69, 9.17) is 18.6 Å². The van der Waals surface area contributed by atoms with Gasteiger partial charge in [0.05, 0.1) is 19.3 Å². The van der Waals surface area contributed by atoms with E-state index in [9.17, 15) is 4.79 Å². The standard InChI is InChI=1S/C25H42O5Si/c1-24(2,3)31(7,8)30-21-15-25(4)20(13-14-22(25)29-16-27-5)18-11-9-17(23(26)28-6)10-12-19(18)21/h9,12,18,20-22H,10-11,13-16H2,1-8H3/t18-,20-,21-,22+,25+/m1/s1. The van der Waals surface area contributed by atoms with Gasteiger partial charge < -0.3 is 18.6 Å². The fourth-order valence-corrected chi connectivity index (χ4v) is 6.97. The van der Waals surface area contributed by atoms with Crippen molar-refractivity contribution in [2.75, 3.05) is 21.0 Å². The molecule has 0 aromatic carbocycles. The smallest absolute Gasteiger partial charge is 0.333 e. The zero-order valence-electron chi connectivity index (χ0n) is 20.7. The van der Waals surface area contributed by atoms with Gasteiger partial charge in [0.15, 0.2) is 8.32 Å². The maximum Gasteiger partial charge on any atom is 0.333 e. The fourth-order valence-electron chi connectivity index (χ4n) is 5.69. The van der Waals surface area contributed by atoms with Gasteiger partial charge in [0.2, 0.25) is 0 Å². The van der Waals surface area contributed by atoms with E-state index in [2.05, 4.69) is 52.9 Å². The summed E-state index contributed by atoms with van der Waals surface area (Å²) >= 11 is 0. The first-order valence-corrected chi connectivity index (χ1v) is 14.6. The number of esters is 1. The average molecular weight is 451 g/mol. The Morgan fingerprint density at radius 2 is 1.90 bits per heavy atom. The molecule has 0 amide bonds. The lowest BCUT2D eigenvalue weighted by atomic mass is 9.60. The number of methoxy groups -OCH3 is 2. The quantitative estimate of drug-likeness (QED) is 0.227. The third-order valence-electron chi connectivity index (χ3n) is 8.49. The Kier molecular flexibility index (Phi) is 7.26. The molecule has 2 fully saturated rings. The molecule has 5 atom stereocenters. The minimum Gasteiger partial charge on any atom is -0.466 e. The van der Waals surface area contributed by atoms with Crippen molar-refractivity contribution in [3.8, 4) is 0 Å². The molecule has 176 valence electrons. The Labute approximate surface area is 189 Å². The molecule has 0 heterocycles. The number of hydrogen-bond donors (Lipinski definition) is 0. The van der Waals surface area contributed by atoms with Crippen LogP contribution in [0.4, 0.5) is 0 Å². The molecule has 3 aliphatic rings. The third-order valence-corrected chi connectivity index (χ3v) is 13.0. The van der Waals surface area contributed by atoms with E-state index in [1.54, 1.807) is 7.11 Å². The SMILES string of the molecule is COCO[C@H]1CC[C@@H]2[C@@H]3CC=C(C(=O)OC)CC=C3[C@H](O[Si](C)(C)C(C)(C)C)C[C@]12C. The summed E-state index contributed by atoms with van der Waals surface area (Å²) in [4.78, 5) is 12.3. The van der Waals surface area contributed by atoms with Crippen molar-refractivity contribution in [1.82, 2.24) is 0 Å². The summed E-state index contributed by atoms with van der Waals surface area (Å²) in [5, 5.41) is 0.141. The molecule has 0 bridgehead atoms. The van der Waals surface area contributed by atoms with E-state index in [0.29, 0.717) is 25.0 Å². The van der Waals surface area contributed by atoms with Gasteiger partial charge in [-0.1, -0.05) is 39.8 Å². The van der Waals surface area contributed by atoms with E-state index in [1.165, 1.54) is 12.7 Å². The van der Waals surface area contributed by atoms with Crippen LogP contribution in [0.5, 0.6) is 0 Å². The summed E-state index contributed by atoms with van der Waals surface area (Å²) in [6, 6.07) is 0. The number of rotatable bonds is 6. The van der Waals surface area contributed by atoms with E-state index >= 15 is 0 Å². The van der Waals surface area contributed by atoms with E-state index < -0.39 is 8.32 Å². The van der Waals surface area contributed by atoms with Crippen LogP contribution in [0.1, 0.15) is 59.8 Å². The van der Waals surface area contributed by atoms with E-state index in [-0.39, 0.29) is 28.6 Å². The maximum absolute atomic E-state index is 12.3. The molecule has 0 spiro atoms. The van der Waals surface area contributed by atoms with Gasteiger partial charge in [0.1, 0.15) is 6.79 Å². The molecular formula is C25H42O5Si. The van der Waals surface area contributed by atoms with Crippen LogP contribution in [-0.4, -0.2) is 47.5 Å². The van der Waals surface area contributed by atoms with Crippen molar-refractivity contribution in [3.63, 3.8) is 0 Å². The lowest BCUT2D eigenvalue weighted by Gasteiger charge is -2.51. The number of ether oxygens (including phenoxy) is 3. The van der Waals surface area contributed by atoms with E-state index in [1.807, 2.05) is 0 Å². The molecule has 0 aromatic heterocycles. The van der Waals surface area contributed by atoms with Gasteiger partial charge in [0.25, 0.3) is 0 Å². The molecule has 0 saturated heterocycles. The highest BCUT2D eigenvalue weighted by Crippen LogP contribution is 2.59. The minimum atomic E-state index is -1.97. The van der Waals surface area contributed by atoms with Crippen LogP contribution >= 0.6 is 0 Å². The van der Waals surface area contributed by atoms with Crippen molar-refractivity contribution in [2.45, 2.75) is 90.1 Å². The summed E-state index contributed by atoms with van der Waals surface area (Å²) in [5.41, 5.74) is 2.20. The Morgan fingerprint density at radius 3 is 2.52 bits per heavy atom. The number of carbonyl (C=O) groups excluding carboxylic acids is 1. The molecule has 0 unspecified atom stereocenters. The number of hydrogen-bond acceptors (Lipinski definition) is 5. The first-order valence-electron chi connectivity index (χ1n) is 11.7. The van der Waals surface area contributed by atoms with Crippen molar-refractivity contribution >= 4 is 14.3 Å². The zero-order chi connectivity index (χ0) is 23.0. The molecule has 0 aliphatic heterocycles. The highest BCUT2D eigenvalue weighted by atomic mass is 28.4. The van der Waals surface area contributed by atoms with Crippen molar-refractivity contribution in [3.05, 3.63) is 23.3 Å². The summed E-state index contributed by atoms with van der Waals surface area (Å²) in [5.74, 6) is 0.688. The molecule has 6 heteroatoms. The van der Waals surface area contributed by atoms with Crippen molar-refractivity contribution in [2.24, 2.45) is 17.3 Å². The second-order valence-electron chi connectivity index (χ2n) is 11.3. The van der Waals surface area contributed by atoms with Gasteiger partial charge in [0, 0.05) is 12.7 Å². The Hall–Kier alpha value is -0.953. The summed E-state index contributed by atoms with van der Waals surface area (Å²) < 4.78 is 23.5. The molecule has 3 aliphatic carbocycles. The first kappa shape index (κ1) is 24.7. The molecule has 0 N–H and O–H groups in total.